The number of hydrogen-bond donors (Lipinski definition) is 1. The van der Waals surface area contributed by atoms with E-state index in [1.807, 2.05) is 29.2 Å². The molecule has 1 N–H and O–H groups in total. The third-order valence-electron chi connectivity index (χ3n) is 4.35. The molecule has 0 aliphatic carbocycles. The number of pyridine rings is 1. The summed E-state index contributed by atoms with van der Waals surface area (Å²) in [4.78, 5) is 30.5. The van der Waals surface area contributed by atoms with Crippen LogP contribution in [0.25, 0.3) is 0 Å². The van der Waals surface area contributed by atoms with Gasteiger partial charge in [-0.2, -0.15) is 0 Å². The first-order valence-corrected chi connectivity index (χ1v) is 8.58. The number of nitro groups is 1. The highest BCUT2D eigenvalue weighted by Crippen LogP contribution is 2.28. The number of carbonyl (C=O) groups is 1. The largest absolute Gasteiger partial charge is 0.495 e. The van der Waals surface area contributed by atoms with Crippen LogP contribution in [0.5, 0.6) is 5.75 Å². The van der Waals surface area contributed by atoms with Crippen molar-refractivity contribution in [3.63, 3.8) is 0 Å². The van der Waals surface area contributed by atoms with Crippen molar-refractivity contribution >= 4 is 23.2 Å². The van der Waals surface area contributed by atoms with Gasteiger partial charge in [0.2, 0.25) is 11.7 Å². The van der Waals surface area contributed by atoms with Crippen LogP contribution in [0.4, 0.5) is 17.3 Å². The van der Waals surface area contributed by atoms with E-state index in [0.717, 1.165) is 37.6 Å². The Morgan fingerprint density at radius 1 is 1.19 bits per heavy atom. The lowest BCUT2D eigenvalue weighted by molar-refractivity contribution is -0.389. The minimum atomic E-state index is -0.591. The van der Waals surface area contributed by atoms with Gasteiger partial charge in [0.15, 0.2) is 0 Å². The molecule has 1 amide bonds. The maximum absolute atomic E-state index is 12.2. The summed E-state index contributed by atoms with van der Waals surface area (Å²) in [5, 5.41) is 13.4. The number of piperazine rings is 1. The van der Waals surface area contributed by atoms with Crippen molar-refractivity contribution in [1.29, 1.82) is 0 Å². The van der Waals surface area contributed by atoms with E-state index >= 15 is 0 Å². The van der Waals surface area contributed by atoms with Gasteiger partial charge in [-0.25, -0.2) is 0 Å². The van der Waals surface area contributed by atoms with E-state index in [9.17, 15) is 14.9 Å². The number of aromatic nitrogens is 1. The zero-order chi connectivity index (χ0) is 19.2. The third-order valence-corrected chi connectivity index (χ3v) is 4.35. The number of amides is 1. The monoisotopic (exact) mass is 371 g/mol. The third kappa shape index (κ3) is 4.70. The molecule has 1 aliphatic rings. The molecule has 1 aliphatic heterocycles. The van der Waals surface area contributed by atoms with Crippen LogP contribution in [-0.4, -0.2) is 60.5 Å². The quantitative estimate of drug-likeness (QED) is 0.610. The molecule has 2 aromatic rings. The molecular formula is C18H21N5O4. The number of rotatable bonds is 6. The number of para-hydroxylation sites is 2. The lowest BCUT2D eigenvalue weighted by atomic mass is 10.2. The summed E-state index contributed by atoms with van der Waals surface area (Å²) in [7, 11) is 1.65. The molecule has 1 fully saturated rings. The molecule has 142 valence electrons. The first kappa shape index (κ1) is 18.6. The summed E-state index contributed by atoms with van der Waals surface area (Å²) in [6.45, 7) is 3.23. The number of anilines is 2. The van der Waals surface area contributed by atoms with Crippen LogP contribution in [0.2, 0.25) is 0 Å². The molecule has 0 radical (unpaired) electrons. The highest BCUT2D eigenvalue weighted by molar-refractivity contribution is 5.91. The first-order valence-electron chi connectivity index (χ1n) is 8.58. The van der Waals surface area contributed by atoms with Gasteiger partial charge in [-0.05, 0) is 28.1 Å². The summed E-state index contributed by atoms with van der Waals surface area (Å²) in [5.74, 6) is 0.481. The van der Waals surface area contributed by atoms with Crippen molar-refractivity contribution in [2.24, 2.45) is 0 Å². The van der Waals surface area contributed by atoms with Gasteiger partial charge in [0.05, 0.1) is 19.3 Å². The van der Waals surface area contributed by atoms with Gasteiger partial charge >= 0.3 is 5.82 Å². The Morgan fingerprint density at radius 2 is 1.93 bits per heavy atom. The Morgan fingerprint density at radius 3 is 2.63 bits per heavy atom. The number of hydrogen-bond acceptors (Lipinski definition) is 7. The summed E-state index contributed by atoms with van der Waals surface area (Å²) < 4.78 is 5.41. The SMILES string of the molecule is COc1ccccc1N1CCN(CC(=O)Nc2cccc([N+](=O)[O-])n2)CC1. The van der Waals surface area contributed by atoms with Crippen molar-refractivity contribution < 1.29 is 14.5 Å². The molecule has 27 heavy (non-hydrogen) atoms. The Hall–Kier alpha value is -3.20. The Kier molecular flexibility index (Phi) is 5.82. The molecule has 9 nitrogen and oxygen atoms in total. The van der Waals surface area contributed by atoms with E-state index in [1.54, 1.807) is 7.11 Å². The molecule has 1 aromatic carbocycles. The van der Waals surface area contributed by atoms with Crippen molar-refractivity contribution in [2.45, 2.75) is 0 Å². The average Bonchev–Trinajstić information content (AvgIpc) is 2.68. The van der Waals surface area contributed by atoms with Gasteiger partial charge in [0, 0.05) is 38.3 Å². The fourth-order valence-electron chi connectivity index (χ4n) is 3.02. The van der Waals surface area contributed by atoms with E-state index in [0.29, 0.717) is 0 Å². The molecule has 0 unspecified atom stereocenters. The summed E-state index contributed by atoms with van der Waals surface area (Å²) >= 11 is 0. The lowest BCUT2D eigenvalue weighted by Gasteiger charge is -2.36. The lowest BCUT2D eigenvalue weighted by Crippen LogP contribution is -2.48. The smallest absolute Gasteiger partial charge is 0.365 e. The maximum atomic E-state index is 12.2. The molecule has 3 rings (SSSR count). The average molecular weight is 371 g/mol. The van der Waals surface area contributed by atoms with E-state index < -0.39 is 4.92 Å². The zero-order valence-electron chi connectivity index (χ0n) is 15.0. The predicted molar refractivity (Wildman–Crippen MR) is 101 cm³/mol. The fraction of sp³-hybridized carbons (Fsp3) is 0.333. The second-order valence-corrected chi connectivity index (χ2v) is 6.12. The molecule has 2 heterocycles. The molecule has 1 aromatic heterocycles. The normalized spacial score (nSPS) is 14.6. The summed E-state index contributed by atoms with van der Waals surface area (Å²) in [6.07, 6.45) is 0. The van der Waals surface area contributed by atoms with Crippen LogP contribution in [0.3, 0.4) is 0 Å². The number of carbonyl (C=O) groups excluding carboxylic acids is 1. The van der Waals surface area contributed by atoms with Gasteiger partial charge in [0.25, 0.3) is 0 Å². The fourth-order valence-corrected chi connectivity index (χ4v) is 3.02. The molecule has 9 heteroatoms. The highest BCUT2D eigenvalue weighted by atomic mass is 16.6. The van der Waals surface area contributed by atoms with E-state index in [4.69, 9.17) is 4.74 Å². The van der Waals surface area contributed by atoms with Crippen LogP contribution < -0.4 is 15.0 Å². The van der Waals surface area contributed by atoms with Crippen molar-refractivity contribution in [1.82, 2.24) is 9.88 Å². The van der Waals surface area contributed by atoms with Gasteiger partial charge in [-0.3, -0.25) is 15.0 Å². The zero-order valence-corrected chi connectivity index (χ0v) is 15.0. The van der Waals surface area contributed by atoms with Crippen LogP contribution in [0.15, 0.2) is 42.5 Å². The summed E-state index contributed by atoms with van der Waals surface area (Å²) in [5.41, 5.74) is 1.05. The Balaban J connectivity index is 1.52. The van der Waals surface area contributed by atoms with Crippen LogP contribution in [-0.2, 0) is 4.79 Å². The van der Waals surface area contributed by atoms with E-state index in [2.05, 4.69) is 15.2 Å². The Bertz CT molecular complexity index is 821. The van der Waals surface area contributed by atoms with Crippen LogP contribution in [0, 0.1) is 10.1 Å². The molecule has 0 spiro atoms. The van der Waals surface area contributed by atoms with E-state index in [1.165, 1.54) is 18.2 Å². The van der Waals surface area contributed by atoms with Crippen LogP contribution in [0.1, 0.15) is 0 Å². The number of ether oxygens (including phenoxy) is 1. The van der Waals surface area contributed by atoms with E-state index in [-0.39, 0.29) is 24.1 Å². The second-order valence-electron chi connectivity index (χ2n) is 6.12. The molecular weight excluding hydrogens is 350 g/mol. The molecule has 0 saturated carbocycles. The topological polar surface area (TPSA) is 101 Å². The minimum Gasteiger partial charge on any atom is -0.495 e. The number of benzene rings is 1. The van der Waals surface area contributed by atoms with Gasteiger partial charge in [-0.15, -0.1) is 0 Å². The number of nitrogens with zero attached hydrogens (tertiary/aromatic N) is 4. The van der Waals surface area contributed by atoms with Crippen LogP contribution >= 0.6 is 0 Å². The summed E-state index contributed by atoms with van der Waals surface area (Å²) in [6, 6.07) is 12.2. The van der Waals surface area contributed by atoms with Gasteiger partial charge in [0.1, 0.15) is 5.75 Å². The second kappa shape index (κ2) is 8.45. The highest BCUT2D eigenvalue weighted by Gasteiger charge is 2.21. The van der Waals surface area contributed by atoms with Crippen molar-refractivity contribution in [2.75, 3.05) is 50.1 Å². The van der Waals surface area contributed by atoms with Crippen molar-refractivity contribution in [3.8, 4) is 5.75 Å². The van der Waals surface area contributed by atoms with Gasteiger partial charge in [-0.1, -0.05) is 12.1 Å². The number of methoxy groups -OCH3 is 1. The molecule has 1 saturated heterocycles. The number of nitrogens with one attached hydrogen (secondary N) is 1. The maximum Gasteiger partial charge on any atom is 0.365 e. The Labute approximate surface area is 156 Å². The molecule has 0 atom stereocenters. The predicted octanol–water partition coefficient (Wildman–Crippen LogP) is 1.76. The first-order chi connectivity index (χ1) is 13.1. The molecule has 0 bridgehead atoms. The van der Waals surface area contributed by atoms with Crippen molar-refractivity contribution in [3.05, 3.63) is 52.6 Å². The van der Waals surface area contributed by atoms with Gasteiger partial charge < -0.3 is 19.8 Å². The minimum absolute atomic E-state index is 0.182. The standard InChI is InChI=1S/C18H21N5O4/c1-27-15-6-3-2-5-14(15)22-11-9-21(10-12-22)13-18(24)20-16-7-4-8-17(19-16)23(25)26/h2-8H,9-13H2,1H3,(H,19,20,24).